The summed E-state index contributed by atoms with van der Waals surface area (Å²) in [6, 6.07) is 14.1. The summed E-state index contributed by atoms with van der Waals surface area (Å²) in [5.74, 6) is -0.725. The third kappa shape index (κ3) is 9.61. The Labute approximate surface area is 255 Å². The number of nitrogens with one attached hydrogen (secondary N) is 3. The molecule has 0 unspecified atom stereocenters. The molecule has 0 aromatic heterocycles. The van der Waals surface area contributed by atoms with E-state index in [1.54, 1.807) is 38.3 Å². The molecule has 3 rings (SSSR count). The molecule has 0 bridgehead atoms. The molecular weight excluding hydrogens is 662 g/mol. The third-order valence-electron chi connectivity index (χ3n) is 5.54. The summed E-state index contributed by atoms with van der Waals surface area (Å²) < 4.78 is 35.5. The van der Waals surface area contributed by atoms with Crippen LogP contribution in [0.3, 0.4) is 0 Å². The summed E-state index contributed by atoms with van der Waals surface area (Å²) in [6.07, 6.45) is 1.83. The van der Waals surface area contributed by atoms with E-state index in [0.717, 1.165) is 5.56 Å². The Balaban J connectivity index is 1.52. The number of anilines is 1. The van der Waals surface area contributed by atoms with Crippen molar-refractivity contribution in [1.29, 1.82) is 0 Å². The van der Waals surface area contributed by atoms with E-state index in [-0.39, 0.29) is 13.2 Å². The van der Waals surface area contributed by atoms with Gasteiger partial charge in [0.25, 0.3) is 5.91 Å². The SMILES string of the molecule is CCOc1cc(/C=N\NC(=O)C(=O)NCCc2ccc(OC)c(OC)c2)cc(I)c1OCC(=O)Nc1ccc(F)cc1. The predicted molar refractivity (Wildman–Crippen MR) is 163 cm³/mol. The highest BCUT2D eigenvalue weighted by molar-refractivity contribution is 14.1. The summed E-state index contributed by atoms with van der Waals surface area (Å²) in [5.41, 5.74) is 4.08. The molecule has 0 saturated carbocycles. The zero-order chi connectivity index (χ0) is 30.5. The van der Waals surface area contributed by atoms with E-state index < -0.39 is 23.5 Å². The van der Waals surface area contributed by atoms with Gasteiger partial charge in [-0.15, -0.1) is 0 Å². The van der Waals surface area contributed by atoms with Crippen molar-refractivity contribution < 1.29 is 37.7 Å². The molecule has 0 heterocycles. The van der Waals surface area contributed by atoms with Crippen LogP contribution < -0.4 is 35.0 Å². The van der Waals surface area contributed by atoms with Gasteiger partial charge < -0.3 is 29.6 Å². The van der Waals surface area contributed by atoms with Gasteiger partial charge in [0.2, 0.25) is 0 Å². The fraction of sp³-hybridized carbons (Fsp3) is 0.241. The number of amides is 3. The fourth-order valence-corrected chi connectivity index (χ4v) is 4.37. The number of halogens is 2. The average Bonchev–Trinajstić information content (AvgIpc) is 2.97. The van der Waals surface area contributed by atoms with Gasteiger partial charge in [-0.3, -0.25) is 14.4 Å². The van der Waals surface area contributed by atoms with E-state index in [0.29, 0.717) is 50.8 Å². The number of hydrogen-bond donors (Lipinski definition) is 3. The van der Waals surface area contributed by atoms with Crippen LogP contribution in [0.5, 0.6) is 23.0 Å². The van der Waals surface area contributed by atoms with Crippen LogP contribution in [-0.2, 0) is 20.8 Å². The number of hydrazone groups is 1. The first-order valence-corrected chi connectivity index (χ1v) is 13.8. The minimum absolute atomic E-state index is 0.227. The maximum absolute atomic E-state index is 13.1. The molecule has 11 nitrogen and oxygen atoms in total. The molecule has 3 N–H and O–H groups in total. The van der Waals surface area contributed by atoms with Crippen molar-refractivity contribution in [2.45, 2.75) is 13.3 Å². The third-order valence-corrected chi connectivity index (χ3v) is 6.34. The van der Waals surface area contributed by atoms with Gasteiger partial charge in [-0.25, -0.2) is 9.82 Å². The van der Waals surface area contributed by atoms with Crippen molar-refractivity contribution in [1.82, 2.24) is 10.7 Å². The van der Waals surface area contributed by atoms with E-state index in [1.807, 2.05) is 28.7 Å². The lowest BCUT2D eigenvalue weighted by molar-refractivity contribution is -0.139. The molecule has 3 aromatic carbocycles. The topological polar surface area (TPSA) is 137 Å². The van der Waals surface area contributed by atoms with Crippen LogP contribution in [0.15, 0.2) is 59.7 Å². The summed E-state index contributed by atoms with van der Waals surface area (Å²) >= 11 is 2.02. The highest BCUT2D eigenvalue weighted by Gasteiger charge is 2.15. The number of rotatable bonds is 13. The Morgan fingerprint density at radius 2 is 1.67 bits per heavy atom. The Morgan fingerprint density at radius 3 is 2.36 bits per heavy atom. The molecule has 0 atom stereocenters. The number of carbonyl (C=O) groups is 3. The van der Waals surface area contributed by atoms with Gasteiger partial charge in [0, 0.05) is 12.2 Å². The smallest absolute Gasteiger partial charge is 0.329 e. The molecule has 13 heteroatoms. The molecule has 0 aliphatic heterocycles. The first-order valence-electron chi connectivity index (χ1n) is 12.7. The quantitative estimate of drug-likeness (QED) is 0.108. The predicted octanol–water partition coefficient (Wildman–Crippen LogP) is 3.67. The molecule has 3 aromatic rings. The summed E-state index contributed by atoms with van der Waals surface area (Å²) in [5, 5.41) is 9.03. The molecule has 0 aliphatic carbocycles. The highest BCUT2D eigenvalue weighted by atomic mass is 127. The zero-order valence-corrected chi connectivity index (χ0v) is 25.3. The zero-order valence-electron chi connectivity index (χ0n) is 23.2. The lowest BCUT2D eigenvalue weighted by atomic mass is 10.1. The first kappa shape index (κ1) is 32.1. The van der Waals surface area contributed by atoms with Crippen LogP contribution in [0.1, 0.15) is 18.1 Å². The Kier molecular flexibility index (Phi) is 12.3. The van der Waals surface area contributed by atoms with Crippen molar-refractivity contribution >= 4 is 52.2 Å². The van der Waals surface area contributed by atoms with Gasteiger partial charge in [-0.2, -0.15) is 5.10 Å². The van der Waals surface area contributed by atoms with Gasteiger partial charge in [-0.05, 0) is 95.6 Å². The number of methoxy groups -OCH3 is 2. The van der Waals surface area contributed by atoms with E-state index in [2.05, 4.69) is 21.2 Å². The molecule has 0 radical (unpaired) electrons. The van der Waals surface area contributed by atoms with Gasteiger partial charge in [0.05, 0.1) is 30.6 Å². The van der Waals surface area contributed by atoms with Gasteiger partial charge in [-0.1, -0.05) is 6.07 Å². The minimum atomic E-state index is -0.926. The molecule has 3 amide bonds. The molecule has 222 valence electrons. The second-order valence-electron chi connectivity index (χ2n) is 8.50. The van der Waals surface area contributed by atoms with E-state index in [1.165, 1.54) is 37.6 Å². The number of ether oxygens (including phenoxy) is 4. The minimum Gasteiger partial charge on any atom is -0.493 e. The Bertz CT molecular complexity index is 1430. The average molecular weight is 692 g/mol. The number of hydrogen-bond acceptors (Lipinski definition) is 8. The molecular formula is C29H30FIN4O7. The maximum Gasteiger partial charge on any atom is 0.329 e. The molecule has 42 heavy (non-hydrogen) atoms. The van der Waals surface area contributed by atoms with Crippen LogP contribution in [0, 0.1) is 9.39 Å². The number of carbonyl (C=O) groups excluding carboxylic acids is 3. The lowest BCUT2D eigenvalue weighted by Gasteiger charge is -2.14. The van der Waals surface area contributed by atoms with Crippen molar-refractivity contribution in [3.8, 4) is 23.0 Å². The Morgan fingerprint density at radius 1 is 0.929 bits per heavy atom. The van der Waals surface area contributed by atoms with Gasteiger partial charge in [0.15, 0.2) is 29.6 Å². The second kappa shape index (κ2) is 16.1. The fourth-order valence-electron chi connectivity index (χ4n) is 3.59. The summed E-state index contributed by atoms with van der Waals surface area (Å²) in [7, 11) is 3.08. The number of benzene rings is 3. The Hall–Kier alpha value is -4.40. The van der Waals surface area contributed by atoms with E-state index in [4.69, 9.17) is 18.9 Å². The summed E-state index contributed by atoms with van der Waals surface area (Å²) in [6.45, 7) is 2.04. The largest absolute Gasteiger partial charge is 0.493 e. The van der Waals surface area contributed by atoms with Crippen molar-refractivity contribution in [3.63, 3.8) is 0 Å². The van der Waals surface area contributed by atoms with Crippen LogP contribution in [-0.4, -0.2) is 57.9 Å². The van der Waals surface area contributed by atoms with Crippen LogP contribution in [0.2, 0.25) is 0 Å². The van der Waals surface area contributed by atoms with Crippen LogP contribution >= 0.6 is 22.6 Å². The maximum atomic E-state index is 13.1. The lowest BCUT2D eigenvalue weighted by Crippen LogP contribution is -2.38. The van der Waals surface area contributed by atoms with Crippen LogP contribution in [0.4, 0.5) is 10.1 Å². The van der Waals surface area contributed by atoms with E-state index >= 15 is 0 Å². The first-order chi connectivity index (χ1) is 20.2. The van der Waals surface area contributed by atoms with Crippen molar-refractivity contribution in [2.75, 3.05) is 39.3 Å². The molecule has 0 aliphatic rings. The molecule has 0 saturated heterocycles. The van der Waals surface area contributed by atoms with Crippen molar-refractivity contribution in [3.05, 3.63) is 75.1 Å². The molecule has 0 spiro atoms. The number of nitrogens with zero attached hydrogens (tertiary/aromatic N) is 1. The van der Waals surface area contributed by atoms with Gasteiger partial charge in [0.1, 0.15) is 5.82 Å². The van der Waals surface area contributed by atoms with Crippen LogP contribution in [0.25, 0.3) is 0 Å². The van der Waals surface area contributed by atoms with Crippen molar-refractivity contribution in [2.24, 2.45) is 5.10 Å². The summed E-state index contributed by atoms with van der Waals surface area (Å²) in [4.78, 5) is 36.6. The monoisotopic (exact) mass is 692 g/mol. The van der Waals surface area contributed by atoms with Gasteiger partial charge >= 0.3 is 11.8 Å². The standard InChI is InChI=1S/C29H30FIN4O7/c1-4-41-25-15-19(13-22(31)27(25)42-17-26(36)34-21-8-6-20(30)7-9-21)16-33-35-29(38)28(37)32-12-11-18-5-10-23(39-2)24(14-18)40-3/h5-10,13-16H,4,11-12,17H2,1-3H3,(H,32,37)(H,34,36)(H,35,38)/b33-16-. The van der Waals surface area contributed by atoms with E-state index in [9.17, 15) is 18.8 Å². The normalized spacial score (nSPS) is 10.6. The second-order valence-corrected chi connectivity index (χ2v) is 9.66. The highest BCUT2D eigenvalue weighted by Crippen LogP contribution is 2.34. The molecule has 0 fully saturated rings.